The lowest BCUT2D eigenvalue weighted by molar-refractivity contribution is -0.129. The van der Waals surface area contributed by atoms with E-state index in [1.165, 1.54) is 5.57 Å². The highest BCUT2D eigenvalue weighted by Gasteiger charge is 2.23. The fourth-order valence-corrected chi connectivity index (χ4v) is 2.48. The molecule has 2 unspecified atom stereocenters. The Hall–Kier alpha value is -1.57. The van der Waals surface area contributed by atoms with E-state index in [9.17, 15) is 4.79 Å². The van der Waals surface area contributed by atoms with Crippen LogP contribution in [-0.2, 0) is 9.53 Å². The maximum atomic E-state index is 10.4. The van der Waals surface area contributed by atoms with E-state index in [0.29, 0.717) is 24.9 Å². The summed E-state index contributed by atoms with van der Waals surface area (Å²) in [6, 6.07) is 0. The summed E-state index contributed by atoms with van der Waals surface area (Å²) in [5.41, 5.74) is 1.40. The first-order valence-corrected chi connectivity index (χ1v) is 6.16. The van der Waals surface area contributed by atoms with Gasteiger partial charge < -0.3 is 4.74 Å². The molecule has 2 nitrogen and oxygen atoms in total. The predicted octanol–water partition coefficient (Wildman–Crippen LogP) is 3.18. The van der Waals surface area contributed by atoms with Crippen molar-refractivity contribution >= 4 is 6.47 Å². The number of ether oxygens (including phenoxy) is 1. The summed E-state index contributed by atoms with van der Waals surface area (Å²) in [7, 11) is 0. The molecule has 0 spiro atoms. The average Bonchev–Trinajstić information content (AvgIpc) is 2.42. The van der Waals surface area contributed by atoms with Crippen LogP contribution in [0.3, 0.4) is 0 Å². The Kier molecular flexibility index (Phi) is 4.37. The van der Waals surface area contributed by atoms with Crippen LogP contribution < -0.4 is 0 Å². The van der Waals surface area contributed by atoms with Crippen molar-refractivity contribution in [3.8, 4) is 0 Å². The molecule has 0 N–H and O–H groups in total. The molecule has 17 heavy (non-hydrogen) atoms. The summed E-state index contributed by atoms with van der Waals surface area (Å²) < 4.78 is 5.00. The van der Waals surface area contributed by atoms with E-state index in [-0.39, 0.29) is 0 Å². The van der Waals surface area contributed by atoms with Gasteiger partial charge in [0, 0.05) is 5.92 Å². The quantitative estimate of drug-likeness (QED) is 0.678. The van der Waals surface area contributed by atoms with Gasteiger partial charge in [0.25, 0.3) is 6.47 Å². The first-order chi connectivity index (χ1) is 8.42. The minimum absolute atomic E-state index is 0.325. The first-order valence-electron chi connectivity index (χ1n) is 6.16. The summed E-state index contributed by atoms with van der Waals surface area (Å²) in [5.74, 6) is 0.782. The third-order valence-corrected chi connectivity index (χ3v) is 3.40. The zero-order chi connectivity index (χ0) is 11.9. The van der Waals surface area contributed by atoms with E-state index in [0.717, 1.165) is 19.3 Å². The molecule has 0 aromatic carbocycles. The van der Waals surface area contributed by atoms with Crippen LogP contribution in [0.4, 0.5) is 0 Å². The molecular formula is C15H18O2. The number of hydrogen-bond acceptors (Lipinski definition) is 2. The smallest absolute Gasteiger partial charge is 0.293 e. The Balaban J connectivity index is 2.09. The molecule has 0 aliphatic heterocycles. The monoisotopic (exact) mass is 230 g/mol. The van der Waals surface area contributed by atoms with Gasteiger partial charge >= 0.3 is 0 Å². The van der Waals surface area contributed by atoms with Crippen molar-refractivity contribution in [3.05, 3.63) is 48.1 Å². The highest BCUT2D eigenvalue weighted by atomic mass is 16.5. The van der Waals surface area contributed by atoms with Crippen LogP contribution in [0.2, 0.25) is 0 Å². The molecule has 0 aromatic rings. The molecule has 0 bridgehead atoms. The molecule has 0 radical (unpaired) electrons. The third-order valence-electron chi connectivity index (χ3n) is 3.40. The standard InChI is InChI=1S/C15H18O2/c16-12-17-11-15(13-7-3-1-4-8-13)14-9-5-2-6-10-14/h1-5,7,9,12-13,15H,6,8,10-11H2. The first kappa shape index (κ1) is 11.9. The zero-order valence-corrected chi connectivity index (χ0v) is 9.92. The van der Waals surface area contributed by atoms with Gasteiger partial charge in [0.1, 0.15) is 0 Å². The molecule has 2 heteroatoms. The van der Waals surface area contributed by atoms with Crippen molar-refractivity contribution in [3.63, 3.8) is 0 Å². The van der Waals surface area contributed by atoms with Crippen LogP contribution in [0.1, 0.15) is 19.3 Å². The van der Waals surface area contributed by atoms with E-state index in [2.05, 4.69) is 42.5 Å². The predicted molar refractivity (Wildman–Crippen MR) is 68.4 cm³/mol. The molecular weight excluding hydrogens is 212 g/mol. The summed E-state index contributed by atoms with van der Waals surface area (Å²) in [6.45, 7) is 1.04. The second kappa shape index (κ2) is 6.24. The van der Waals surface area contributed by atoms with Gasteiger partial charge in [-0.2, -0.15) is 0 Å². The van der Waals surface area contributed by atoms with Gasteiger partial charge in [-0.1, -0.05) is 48.1 Å². The second-order valence-corrected chi connectivity index (χ2v) is 4.46. The maximum absolute atomic E-state index is 10.4. The van der Waals surface area contributed by atoms with Crippen LogP contribution >= 0.6 is 0 Å². The molecule has 0 heterocycles. The van der Waals surface area contributed by atoms with Crippen LogP contribution in [0, 0.1) is 11.8 Å². The number of carbonyl (C=O) groups is 1. The Morgan fingerprint density at radius 1 is 1.35 bits per heavy atom. The lowest BCUT2D eigenvalue weighted by atomic mass is 9.79. The second-order valence-electron chi connectivity index (χ2n) is 4.46. The summed E-state index contributed by atoms with van der Waals surface area (Å²) in [5, 5.41) is 0. The van der Waals surface area contributed by atoms with Crippen LogP contribution in [-0.4, -0.2) is 13.1 Å². The van der Waals surface area contributed by atoms with E-state index in [4.69, 9.17) is 4.74 Å². The van der Waals surface area contributed by atoms with Crippen molar-refractivity contribution < 1.29 is 9.53 Å². The fourth-order valence-electron chi connectivity index (χ4n) is 2.48. The summed E-state index contributed by atoms with van der Waals surface area (Å²) >= 11 is 0. The van der Waals surface area contributed by atoms with Gasteiger partial charge in [-0.25, -0.2) is 0 Å². The molecule has 90 valence electrons. The topological polar surface area (TPSA) is 26.3 Å². The highest BCUT2D eigenvalue weighted by molar-refractivity contribution is 5.37. The molecule has 2 aliphatic carbocycles. The largest absolute Gasteiger partial charge is 0.467 e. The van der Waals surface area contributed by atoms with Crippen molar-refractivity contribution in [1.29, 1.82) is 0 Å². The Labute approximate surface area is 102 Å². The molecule has 2 rings (SSSR count). The van der Waals surface area contributed by atoms with Gasteiger partial charge in [-0.05, 0) is 25.2 Å². The molecule has 0 saturated carbocycles. The van der Waals surface area contributed by atoms with Crippen molar-refractivity contribution in [1.82, 2.24) is 0 Å². The van der Waals surface area contributed by atoms with Crippen molar-refractivity contribution in [2.45, 2.75) is 19.3 Å². The van der Waals surface area contributed by atoms with E-state index < -0.39 is 0 Å². The van der Waals surface area contributed by atoms with Gasteiger partial charge in [0.15, 0.2) is 0 Å². The number of rotatable bonds is 5. The molecule has 0 amide bonds. The molecule has 2 atom stereocenters. The van der Waals surface area contributed by atoms with E-state index in [1.54, 1.807) is 0 Å². The summed E-state index contributed by atoms with van der Waals surface area (Å²) in [6.07, 6.45) is 18.2. The van der Waals surface area contributed by atoms with Crippen LogP contribution in [0.15, 0.2) is 48.1 Å². The van der Waals surface area contributed by atoms with Crippen molar-refractivity contribution in [2.24, 2.45) is 11.8 Å². The lowest BCUT2D eigenvalue weighted by Gasteiger charge is -2.27. The molecule has 0 fully saturated rings. The van der Waals surface area contributed by atoms with Gasteiger partial charge in [0.05, 0.1) is 6.61 Å². The SMILES string of the molecule is O=COCC(C1=CC=CCC1)C1C=CC=CC1. The average molecular weight is 230 g/mol. The van der Waals surface area contributed by atoms with Crippen LogP contribution in [0.25, 0.3) is 0 Å². The lowest BCUT2D eigenvalue weighted by Crippen LogP contribution is -2.22. The maximum Gasteiger partial charge on any atom is 0.293 e. The van der Waals surface area contributed by atoms with Crippen LogP contribution in [0.5, 0.6) is 0 Å². The van der Waals surface area contributed by atoms with E-state index >= 15 is 0 Å². The van der Waals surface area contributed by atoms with Gasteiger partial charge in [-0.3, -0.25) is 4.79 Å². The van der Waals surface area contributed by atoms with Gasteiger partial charge in [0.2, 0.25) is 0 Å². The minimum atomic E-state index is 0.325. The Bertz CT molecular complexity index is 374. The Morgan fingerprint density at radius 2 is 2.29 bits per heavy atom. The number of allylic oxidation sites excluding steroid dienone is 7. The van der Waals surface area contributed by atoms with Crippen molar-refractivity contribution in [2.75, 3.05) is 6.61 Å². The summed E-state index contributed by atoms with van der Waals surface area (Å²) in [4.78, 5) is 10.4. The normalized spacial score (nSPS) is 24.2. The number of hydrogen-bond donors (Lipinski definition) is 0. The van der Waals surface area contributed by atoms with E-state index in [1.807, 2.05) is 0 Å². The third kappa shape index (κ3) is 3.19. The minimum Gasteiger partial charge on any atom is -0.467 e. The van der Waals surface area contributed by atoms with Gasteiger partial charge in [-0.15, -0.1) is 0 Å². The molecule has 0 aromatic heterocycles. The highest BCUT2D eigenvalue weighted by Crippen LogP contribution is 2.31. The zero-order valence-electron chi connectivity index (χ0n) is 9.92. The Morgan fingerprint density at radius 3 is 2.94 bits per heavy atom. The molecule has 0 saturated heterocycles. The number of carbonyl (C=O) groups excluding carboxylic acids is 1. The fraction of sp³-hybridized carbons (Fsp3) is 0.400. The molecule has 2 aliphatic rings.